The number of carbonyl (C=O) groups is 1. The van der Waals surface area contributed by atoms with Crippen LogP contribution in [0.3, 0.4) is 0 Å². The third-order valence-corrected chi connectivity index (χ3v) is 4.29. The zero-order valence-corrected chi connectivity index (χ0v) is 15.5. The summed E-state index contributed by atoms with van der Waals surface area (Å²) in [4.78, 5) is 16.6. The Morgan fingerprint density at radius 3 is 2.46 bits per heavy atom. The van der Waals surface area contributed by atoms with Gasteiger partial charge in [-0.3, -0.25) is 4.79 Å². The van der Waals surface area contributed by atoms with E-state index >= 15 is 0 Å². The van der Waals surface area contributed by atoms with Crippen molar-refractivity contribution in [1.82, 2.24) is 4.98 Å². The second-order valence-electron chi connectivity index (χ2n) is 6.18. The highest BCUT2D eigenvalue weighted by Gasteiger charge is 2.09. The first-order valence-electron chi connectivity index (χ1n) is 8.34. The molecule has 0 aliphatic carbocycles. The third kappa shape index (κ3) is 4.61. The Morgan fingerprint density at radius 2 is 1.81 bits per heavy atom. The van der Waals surface area contributed by atoms with Gasteiger partial charge in [-0.05, 0) is 55.3 Å². The van der Waals surface area contributed by atoms with Crippen LogP contribution in [0.15, 0.2) is 60.8 Å². The number of rotatable bonds is 5. The molecule has 3 aromatic rings. The van der Waals surface area contributed by atoms with Crippen molar-refractivity contribution in [2.45, 2.75) is 20.4 Å². The van der Waals surface area contributed by atoms with Gasteiger partial charge >= 0.3 is 0 Å². The number of hydrogen-bond donors (Lipinski definition) is 2. The van der Waals surface area contributed by atoms with E-state index < -0.39 is 0 Å². The lowest BCUT2D eigenvalue weighted by Gasteiger charge is -2.10. The molecule has 0 unspecified atom stereocenters. The fourth-order valence-corrected chi connectivity index (χ4v) is 2.72. The highest BCUT2D eigenvalue weighted by molar-refractivity contribution is 6.30. The summed E-state index contributed by atoms with van der Waals surface area (Å²) in [6, 6.07) is 17.2. The van der Waals surface area contributed by atoms with Crippen LogP contribution in [-0.4, -0.2) is 10.9 Å². The highest BCUT2D eigenvalue weighted by Crippen LogP contribution is 2.20. The van der Waals surface area contributed by atoms with E-state index in [0.29, 0.717) is 17.3 Å². The summed E-state index contributed by atoms with van der Waals surface area (Å²) in [6.45, 7) is 4.67. The molecule has 0 saturated heterocycles. The minimum atomic E-state index is -0.250. The van der Waals surface area contributed by atoms with Crippen LogP contribution in [0.25, 0.3) is 0 Å². The smallest absolute Gasteiger partial charge is 0.274 e. The van der Waals surface area contributed by atoms with E-state index in [1.165, 1.54) is 11.1 Å². The van der Waals surface area contributed by atoms with Crippen molar-refractivity contribution in [3.05, 3.63) is 88.2 Å². The van der Waals surface area contributed by atoms with Gasteiger partial charge in [-0.2, -0.15) is 0 Å². The maximum Gasteiger partial charge on any atom is 0.274 e. The van der Waals surface area contributed by atoms with Crippen LogP contribution in [0.2, 0.25) is 5.02 Å². The van der Waals surface area contributed by atoms with Gasteiger partial charge in [-0.1, -0.05) is 41.4 Å². The van der Waals surface area contributed by atoms with E-state index in [1.807, 2.05) is 19.1 Å². The number of nitrogens with one attached hydrogen (secondary N) is 2. The SMILES string of the molecule is Cc1ccc(CNc2ccc(C(=O)Nc3ccc(Cl)cc3C)nc2)cc1. The predicted octanol–water partition coefficient (Wildman–Crippen LogP) is 5.22. The van der Waals surface area contributed by atoms with E-state index in [2.05, 4.69) is 46.8 Å². The van der Waals surface area contributed by atoms with E-state index in [4.69, 9.17) is 11.6 Å². The molecule has 0 aliphatic heterocycles. The van der Waals surface area contributed by atoms with Gasteiger partial charge in [0, 0.05) is 17.3 Å². The fourth-order valence-electron chi connectivity index (χ4n) is 2.50. The first kappa shape index (κ1) is 18.0. The molecule has 0 radical (unpaired) electrons. The molecule has 1 aromatic heterocycles. The van der Waals surface area contributed by atoms with Crippen molar-refractivity contribution in [2.75, 3.05) is 10.6 Å². The summed E-state index contributed by atoms with van der Waals surface area (Å²) in [6.07, 6.45) is 1.66. The molecule has 0 atom stereocenters. The number of halogens is 1. The van der Waals surface area contributed by atoms with E-state index in [0.717, 1.165) is 16.9 Å². The minimum Gasteiger partial charge on any atom is -0.380 e. The second kappa shape index (κ2) is 8.02. The molecule has 0 bridgehead atoms. The molecule has 0 spiro atoms. The quantitative estimate of drug-likeness (QED) is 0.652. The predicted molar refractivity (Wildman–Crippen MR) is 107 cm³/mol. The third-order valence-electron chi connectivity index (χ3n) is 4.05. The van der Waals surface area contributed by atoms with Crippen molar-refractivity contribution < 1.29 is 4.79 Å². The molecule has 132 valence electrons. The average Bonchev–Trinajstić information content (AvgIpc) is 2.64. The number of aryl methyl sites for hydroxylation is 2. The van der Waals surface area contributed by atoms with Gasteiger partial charge in [0.05, 0.1) is 11.9 Å². The molecule has 1 heterocycles. The summed E-state index contributed by atoms with van der Waals surface area (Å²) in [5.41, 5.74) is 5.28. The summed E-state index contributed by atoms with van der Waals surface area (Å²) < 4.78 is 0. The Hall–Kier alpha value is -2.85. The summed E-state index contributed by atoms with van der Waals surface area (Å²) >= 11 is 5.94. The number of amides is 1. The summed E-state index contributed by atoms with van der Waals surface area (Å²) in [7, 11) is 0. The van der Waals surface area contributed by atoms with Gasteiger partial charge in [-0.25, -0.2) is 4.98 Å². The Kier molecular flexibility index (Phi) is 5.54. The topological polar surface area (TPSA) is 54.0 Å². The van der Waals surface area contributed by atoms with Crippen LogP contribution in [0.4, 0.5) is 11.4 Å². The second-order valence-corrected chi connectivity index (χ2v) is 6.62. The summed E-state index contributed by atoms with van der Waals surface area (Å²) in [5, 5.41) is 6.80. The molecular weight excluding hydrogens is 346 g/mol. The lowest BCUT2D eigenvalue weighted by molar-refractivity contribution is 0.102. The van der Waals surface area contributed by atoms with Crippen LogP contribution < -0.4 is 10.6 Å². The first-order valence-corrected chi connectivity index (χ1v) is 8.72. The zero-order chi connectivity index (χ0) is 18.5. The van der Waals surface area contributed by atoms with Crippen molar-refractivity contribution >= 4 is 28.9 Å². The van der Waals surface area contributed by atoms with Crippen molar-refractivity contribution in [3.8, 4) is 0 Å². The lowest BCUT2D eigenvalue weighted by atomic mass is 10.1. The minimum absolute atomic E-state index is 0.250. The number of anilines is 2. The normalized spacial score (nSPS) is 10.4. The van der Waals surface area contributed by atoms with Crippen LogP contribution >= 0.6 is 11.6 Å². The maximum absolute atomic E-state index is 12.3. The Balaban J connectivity index is 1.61. The van der Waals surface area contributed by atoms with Gasteiger partial charge in [0.2, 0.25) is 0 Å². The average molecular weight is 366 g/mol. The van der Waals surface area contributed by atoms with Crippen LogP contribution in [-0.2, 0) is 6.54 Å². The van der Waals surface area contributed by atoms with E-state index in [9.17, 15) is 4.79 Å². The van der Waals surface area contributed by atoms with Gasteiger partial charge < -0.3 is 10.6 Å². The van der Waals surface area contributed by atoms with E-state index in [-0.39, 0.29) is 5.91 Å². The lowest BCUT2D eigenvalue weighted by Crippen LogP contribution is -2.14. The highest BCUT2D eigenvalue weighted by atomic mass is 35.5. The van der Waals surface area contributed by atoms with Gasteiger partial charge in [0.15, 0.2) is 0 Å². The van der Waals surface area contributed by atoms with Gasteiger partial charge in [0.1, 0.15) is 5.69 Å². The number of nitrogens with zero attached hydrogens (tertiary/aromatic N) is 1. The molecule has 2 N–H and O–H groups in total. The molecule has 0 saturated carbocycles. The van der Waals surface area contributed by atoms with Crippen molar-refractivity contribution in [1.29, 1.82) is 0 Å². The molecule has 4 nitrogen and oxygen atoms in total. The Morgan fingerprint density at radius 1 is 1.04 bits per heavy atom. The van der Waals surface area contributed by atoms with Crippen molar-refractivity contribution in [3.63, 3.8) is 0 Å². The standard InChI is InChI=1S/C21H20ClN3O/c1-14-3-5-16(6-4-14)12-23-18-8-10-20(24-13-18)21(26)25-19-9-7-17(22)11-15(19)2/h3-11,13,23H,12H2,1-2H3,(H,25,26). The summed E-state index contributed by atoms with van der Waals surface area (Å²) in [5.74, 6) is -0.250. The first-order chi connectivity index (χ1) is 12.5. The maximum atomic E-state index is 12.3. The van der Waals surface area contributed by atoms with Gasteiger partial charge in [0.25, 0.3) is 5.91 Å². The largest absolute Gasteiger partial charge is 0.380 e. The number of carbonyl (C=O) groups excluding carboxylic acids is 1. The van der Waals surface area contributed by atoms with Crippen LogP contribution in [0.1, 0.15) is 27.2 Å². The fraction of sp³-hybridized carbons (Fsp3) is 0.143. The number of pyridine rings is 1. The molecule has 2 aromatic carbocycles. The molecule has 1 amide bonds. The number of aromatic nitrogens is 1. The molecule has 3 rings (SSSR count). The number of hydrogen-bond acceptors (Lipinski definition) is 3. The van der Waals surface area contributed by atoms with Crippen LogP contribution in [0.5, 0.6) is 0 Å². The molecule has 26 heavy (non-hydrogen) atoms. The van der Waals surface area contributed by atoms with Crippen LogP contribution in [0, 0.1) is 13.8 Å². The molecule has 5 heteroatoms. The molecule has 0 fully saturated rings. The Labute approximate surface area is 158 Å². The Bertz CT molecular complexity index is 906. The molecule has 0 aliphatic rings. The molecular formula is C21H20ClN3O. The van der Waals surface area contributed by atoms with Gasteiger partial charge in [-0.15, -0.1) is 0 Å². The monoisotopic (exact) mass is 365 g/mol. The van der Waals surface area contributed by atoms with Crippen molar-refractivity contribution in [2.24, 2.45) is 0 Å². The number of benzene rings is 2. The van der Waals surface area contributed by atoms with E-state index in [1.54, 1.807) is 24.4 Å². The zero-order valence-electron chi connectivity index (χ0n) is 14.7.